The molecule has 0 amide bonds. The number of hydrogen-bond donors (Lipinski definition) is 0. The van der Waals surface area contributed by atoms with Crippen LogP contribution in [0.1, 0.15) is 40.9 Å². The zero-order valence-electron chi connectivity index (χ0n) is 30.1. The third kappa shape index (κ3) is 5.42. The van der Waals surface area contributed by atoms with Crippen molar-refractivity contribution in [1.29, 1.82) is 0 Å². The molecule has 0 saturated heterocycles. The van der Waals surface area contributed by atoms with Crippen molar-refractivity contribution in [3.63, 3.8) is 0 Å². The van der Waals surface area contributed by atoms with Crippen LogP contribution in [-0.4, -0.2) is 9.97 Å². The molecule has 2 heterocycles. The maximum Gasteiger partial charge on any atom is 0.180 e. The SMILES string of the molecule is C1=CCC(c2ccc(-c3nc(-c4cccc(-c5ccc6c(c5)-c5ccccc5C5C=CC=CC65)c4)c4oc5ccc(-c6ccccc6)cc5c4n3)cc2)C=C1. The molecule has 0 bridgehead atoms. The van der Waals surface area contributed by atoms with Gasteiger partial charge in [-0.25, -0.2) is 9.97 Å². The number of allylic oxidation sites excluding steroid dienone is 8. The van der Waals surface area contributed by atoms with Gasteiger partial charge in [-0.1, -0.05) is 164 Å². The molecule has 3 aliphatic carbocycles. The maximum atomic E-state index is 6.68. The van der Waals surface area contributed by atoms with Gasteiger partial charge in [0, 0.05) is 34.3 Å². The summed E-state index contributed by atoms with van der Waals surface area (Å²) in [5.41, 5.74) is 16.3. The molecular weight excluding hydrogens is 669 g/mol. The van der Waals surface area contributed by atoms with Crippen molar-refractivity contribution in [2.75, 3.05) is 0 Å². The fourth-order valence-electron chi connectivity index (χ4n) is 8.83. The van der Waals surface area contributed by atoms with E-state index in [-0.39, 0.29) is 0 Å². The van der Waals surface area contributed by atoms with E-state index in [1.807, 2.05) is 6.07 Å². The molecule has 0 spiro atoms. The Bertz CT molecular complexity index is 2910. The number of fused-ring (bicyclic) bond motifs is 9. The molecule has 3 heteroatoms. The second-order valence-electron chi connectivity index (χ2n) is 14.8. The highest BCUT2D eigenvalue weighted by atomic mass is 16.3. The van der Waals surface area contributed by atoms with Gasteiger partial charge >= 0.3 is 0 Å². The van der Waals surface area contributed by atoms with Crippen molar-refractivity contribution < 1.29 is 4.42 Å². The molecule has 0 aliphatic heterocycles. The molecule has 3 atom stereocenters. The van der Waals surface area contributed by atoms with Gasteiger partial charge in [-0.3, -0.25) is 0 Å². The molecule has 6 aromatic carbocycles. The Morgan fingerprint density at radius 2 is 1.18 bits per heavy atom. The molecule has 0 N–H and O–H groups in total. The molecule has 260 valence electrons. The molecule has 0 fully saturated rings. The van der Waals surface area contributed by atoms with Crippen molar-refractivity contribution in [1.82, 2.24) is 9.97 Å². The Balaban J connectivity index is 1.06. The summed E-state index contributed by atoms with van der Waals surface area (Å²) in [5, 5.41) is 0.978. The highest BCUT2D eigenvalue weighted by molar-refractivity contribution is 6.08. The quantitative estimate of drug-likeness (QED) is 0.179. The van der Waals surface area contributed by atoms with E-state index in [9.17, 15) is 0 Å². The molecule has 11 rings (SSSR count). The highest BCUT2D eigenvalue weighted by Gasteiger charge is 2.31. The van der Waals surface area contributed by atoms with Crippen molar-refractivity contribution in [2.24, 2.45) is 0 Å². The van der Waals surface area contributed by atoms with Crippen LogP contribution in [0.5, 0.6) is 0 Å². The minimum absolute atomic E-state index is 0.337. The van der Waals surface area contributed by atoms with E-state index < -0.39 is 0 Å². The van der Waals surface area contributed by atoms with E-state index in [1.54, 1.807) is 0 Å². The predicted molar refractivity (Wildman–Crippen MR) is 226 cm³/mol. The fourth-order valence-corrected chi connectivity index (χ4v) is 8.83. The van der Waals surface area contributed by atoms with Gasteiger partial charge in [0.05, 0.1) is 0 Å². The van der Waals surface area contributed by atoms with Crippen LogP contribution >= 0.6 is 0 Å². The lowest BCUT2D eigenvalue weighted by atomic mass is 9.69. The third-order valence-electron chi connectivity index (χ3n) is 11.6. The second kappa shape index (κ2) is 12.9. The summed E-state index contributed by atoms with van der Waals surface area (Å²) in [6.07, 6.45) is 18.8. The first-order chi connectivity index (χ1) is 27.2. The summed E-state index contributed by atoms with van der Waals surface area (Å²) in [6.45, 7) is 0. The Kier molecular flexibility index (Phi) is 7.44. The number of nitrogens with zero attached hydrogens (tertiary/aromatic N) is 2. The molecule has 2 aromatic heterocycles. The Hall–Kier alpha value is -6.84. The number of furan rings is 1. The van der Waals surface area contributed by atoms with E-state index >= 15 is 0 Å². The molecule has 0 saturated carbocycles. The number of benzene rings is 6. The monoisotopic (exact) mass is 704 g/mol. The van der Waals surface area contributed by atoms with Crippen LogP contribution in [0.15, 0.2) is 193 Å². The van der Waals surface area contributed by atoms with E-state index in [0.717, 1.165) is 56.4 Å². The first-order valence-corrected chi connectivity index (χ1v) is 19.2. The van der Waals surface area contributed by atoms with Gasteiger partial charge in [-0.05, 0) is 80.8 Å². The van der Waals surface area contributed by atoms with Gasteiger partial charge in [0.15, 0.2) is 11.4 Å². The maximum absolute atomic E-state index is 6.68. The first-order valence-electron chi connectivity index (χ1n) is 19.2. The third-order valence-corrected chi connectivity index (χ3v) is 11.6. The zero-order chi connectivity index (χ0) is 36.3. The summed E-state index contributed by atoms with van der Waals surface area (Å²) in [4.78, 5) is 10.5. The lowest BCUT2D eigenvalue weighted by Crippen LogP contribution is -2.16. The Morgan fingerprint density at radius 1 is 0.491 bits per heavy atom. The summed E-state index contributed by atoms with van der Waals surface area (Å²) in [7, 11) is 0. The van der Waals surface area contributed by atoms with Gasteiger partial charge in [0.25, 0.3) is 0 Å². The molecular formula is C52H36N2O. The normalized spacial score (nSPS) is 18.0. The predicted octanol–water partition coefficient (Wildman–Crippen LogP) is 13.6. The summed E-state index contributed by atoms with van der Waals surface area (Å²) >= 11 is 0. The lowest BCUT2D eigenvalue weighted by Gasteiger charge is -2.34. The second-order valence-corrected chi connectivity index (χ2v) is 14.8. The first kappa shape index (κ1) is 31.7. The van der Waals surface area contributed by atoms with Crippen LogP contribution in [0.4, 0.5) is 0 Å². The number of hydrogen-bond acceptors (Lipinski definition) is 3. The summed E-state index contributed by atoms with van der Waals surface area (Å²) < 4.78 is 6.68. The van der Waals surface area contributed by atoms with E-state index in [0.29, 0.717) is 29.2 Å². The number of rotatable bonds is 5. The van der Waals surface area contributed by atoms with Crippen molar-refractivity contribution >= 4 is 22.1 Å². The highest BCUT2D eigenvalue weighted by Crippen LogP contribution is 2.50. The summed E-state index contributed by atoms with van der Waals surface area (Å²) in [5.74, 6) is 1.76. The zero-order valence-corrected chi connectivity index (χ0v) is 30.1. The average molecular weight is 705 g/mol. The van der Waals surface area contributed by atoms with E-state index in [1.165, 1.54) is 33.4 Å². The van der Waals surface area contributed by atoms with Crippen molar-refractivity contribution in [3.05, 3.63) is 205 Å². The van der Waals surface area contributed by atoms with Crippen LogP contribution in [0.2, 0.25) is 0 Å². The minimum Gasteiger partial charge on any atom is -0.452 e. The lowest BCUT2D eigenvalue weighted by molar-refractivity contribution is 0.667. The molecule has 55 heavy (non-hydrogen) atoms. The number of aromatic nitrogens is 2. The Labute approximate surface area is 320 Å². The van der Waals surface area contributed by atoms with Crippen molar-refractivity contribution in [3.8, 4) is 56.0 Å². The van der Waals surface area contributed by atoms with Gasteiger partial charge in [-0.2, -0.15) is 0 Å². The van der Waals surface area contributed by atoms with Crippen molar-refractivity contribution in [2.45, 2.75) is 24.2 Å². The van der Waals surface area contributed by atoms with E-state index in [2.05, 4.69) is 182 Å². The molecule has 3 aliphatic rings. The molecule has 0 radical (unpaired) electrons. The van der Waals surface area contributed by atoms with Gasteiger partial charge < -0.3 is 4.42 Å². The van der Waals surface area contributed by atoms with Crippen LogP contribution in [0.3, 0.4) is 0 Å². The van der Waals surface area contributed by atoms with Crippen LogP contribution in [-0.2, 0) is 0 Å². The van der Waals surface area contributed by atoms with Gasteiger partial charge in [0.2, 0.25) is 0 Å². The van der Waals surface area contributed by atoms with Gasteiger partial charge in [-0.15, -0.1) is 0 Å². The largest absolute Gasteiger partial charge is 0.452 e. The topological polar surface area (TPSA) is 38.9 Å². The minimum atomic E-state index is 0.337. The molecule has 3 unspecified atom stereocenters. The molecule has 3 nitrogen and oxygen atoms in total. The molecule has 8 aromatic rings. The summed E-state index contributed by atoms with van der Waals surface area (Å²) in [6, 6.07) is 50.2. The standard InChI is InChI=1S/C52H36N2O/c1-3-12-33(13-4-1)35-22-24-36(25-23-35)52-53-49(51-50(54-52)47-32-38(27-29-48(47)55-51)34-14-5-2-6-15-34)40-17-11-16-37(30-40)39-26-28-45-43-20-8-7-18-41(43)42-19-9-10-21-44(42)46(45)31-39/h1-12,14-33,41,43H,13H2. The smallest absolute Gasteiger partial charge is 0.180 e. The van der Waals surface area contributed by atoms with Crippen LogP contribution in [0.25, 0.3) is 78.1 Å². The van der Waals surface area contributed by atoms with Crippen LogP contribution in [0, 0.1) is 0 Å². The van der Waals surface area contributed by atoms with Crippen LogP contribution < -0.4 is 0 Å². The Morgan fingerprint density at radius 3 is 2.02 bits per heavy atom. The fraction of sp³-hybridized carbons (Fsp3) is 0.0769. The van der Waals surface area contributed by atoms with Gasteiger partial charge in [0.1, 0.15) is 16.8 Å². The average Bonchev–Trinajstić information content (AvgIpc) is 3.65. The van der Waals surface area contributed by atoms with E-state index in [4.69, 9.17) is 14.4 Å².